The Hall–Kier alpha value is -0.980. The average Bonchev–Trinajstić information content (AvgIpc) is 2.80. The van der Waals surface area contributed by atoms with E-state index in [9.17, 15) is 0 Å². The van der Waals surface area contributed by atoms with Gasteiger partial charge in [-0.05, 0) is 105 Å². The Kier molecular flexibility index (Phi) is 9.79. The molecule has 0 aromatic heterocycles. The number of unbranched alkanes of at least 4 members (excludes halogenated alkanes) is 3. The van der Waals surface area contributed by atoms with E-state index in [0.717, 1.165) is 30.6 Å². The van der Waals surface area contributed by atoms with Crippen LogP contribution in [0.1, 0.15) is 134 Å². The second kappa shape index (κ2) is 12.3. The van der Waals surface area contributed by atoms with Crippen molar-refractivity contribution in [3.8, 4) is 5.75 Å². The van der Waals surface area contributed by atoms with E-state index < -0.39 is 0 Å². The molecule has 2 saturated carbocycles. The third kappa shape index (κ3) is 6.52. The summed E-state index contributed by atoms with van der Waals surface area (Å²) in [6, 6.07) is 6.86. The monoisotopic (exact) mass is 426 g/mol. The highest BCUT2D eigenvalue weighted by atomic mass is 16.5. The van der Waals surface area contributed by atoms with Gasteiger partial charge >= 0.3 is 0 Å². The van der Waals surface area contributed by atoms with Crippen LogP contribution < -0.4 is 4.74 Å². The summed E-state index contributed by atoms with van der Waals surface area (Å²) < 4.78 is 5.95. The van der Waals surface area contributed by atoms with Gasteiger partial charge in [0.1, 0.15) is 5.75 Å². The van der Waals surface area contributed by atoms with Gasteiger partial charge in [0.15, 0.2) is 0 Å². The largest absolute Gasteiger partial charge is 0.494 e. The van der Waals surface area contributed by atoms with E-state index in [2.05, 4.69) is 45.9 Å². The minimum atomic E-state index is 0.671. The van der Waals surface area contributed by atoms with Crippen LogP contribution in [0.15, 0.2) is 18.2 Å². The first kappa shape index (κ1) is 24.7. The van der Waals surface area contributed by atoms with Crippen molar-refractivity contribution in [3.63, 3.8) is 0 Å². The molecule has 2 fully saturated rings. The lowest BCUT2D eigenvalue weighted by Crippen LogP contribution is -2.37. The fraction of sp³-hybridized carbons (Fsp3) is 0.800. The van der Waals surface area contributed by atoms with Crippen molar-refractivity contribution in [2.24, 2.45) is 17.3 Å². The molecule has 0 amide bonds. The van der Waals surface area contributed by atoms with Crippen molar-refractivity contribution >= 4 is 0 Å². The molecule has 2 aliphatic rings. The molecule has 0 spiro atoms. The minimum Gasteiger partial charge on any atom is -0.494 e. The highest BCUT2D eigenvalue weighted by Crippen LogP contribution is 2.54. The molecule has 0 heterocycles. The van der Waals surface area contributed by atoms with Gasteiger partial charge < -0.3 is 4.74 Å². The lowest BCUT2D eigenvalue weighted by atomic mass is 9.57. The first-order chi connectivity index (χ1) is 15.1. The predicted molar refractivity (Wildman–Crippen MR) is 135 cm³/mol. The van der Waals surface area contributed by atoms with Gasteiger partial charge in [0.05, 0.1) is 6.61 Å². The molecule has 0 N–H and O–H groups in total. The maximum Gasteiger partial charge on any atom is 0.119 e. The van der Waals surface area contributed by atoms with Crippen LogP contribution in [0.5, 0.6) is 5.75 Å². The van der Waals surface area contributed by atoms with Gasteiger partial charge in [-0.2, -0.15) is 0 Å². The molecule has 1 atom stereocenters. The summed E-state index contributed by atoms with van der Waals surface area (Å²) in [5.74, 6) is 3.60. The van der Waals surface area contributed by atoms with Crippen LogP contribution in [0.3, 0.4) is 0 Å². The quantitative estimate of drug-likeness (QED) is 0.320. The Balaban J connectivity index is 1.62. The fourth-order valence-corrected chi connectivity index (χ4v) is 6.86. The Morgan fingerprint density at radius 1 is 0.935 bits per heavy atom. The van der Waals surface area contributed by atoms with Gasteiger partial charge in [-0.25, -0.2) is 0 Å². The zero-order valence-electron chi connectivity index (χ0n) is 21.2. The van der Waals surface area contributed by atoms with Gasteiger partial charge in [0.25, 0.3) is 0 Å². The van der Waals surface area contributed by atoms with E-state index in [1.165, 1.54) is 95.5 Å². The smallest absolute Gasteiger partial charge is 0.119 e. The average molecular weight is 427 g/mol. The number of ether oxygens (including phenoxy) is 1. The third-order valence-corrected chi connectivity index (χ3v) is 8.98. The van der Waals surface area contributed by atoms with E-state index in [0.29, 0.717) is 11.3 Å². The molecule has 31 heavy (non-hydrogen) atoms. The Morgan fingerprint density at radius 2 is 1.65 bits per heavy atom. The summed E-state index contributed by atoms with van der Waals surface area (Å²) >= 11 is 0. The lowest BCUT2D eigenvalue weighted by Gasteiger charge is -2.48. The zero-order valence-corrected chi connectivity index (χ0v) is 21.2. The number of aryl methyl sites for hydroxylation is 1. The van der Waals surface area contributed by atoms with Crippen molar-refractivity contribution in [1.29, 1.82) is 0 Å². The summed E-state index contributed by atoms with van der Waals surface area (Å²) in [5.41, 5.74) is 3.66. The van der Waals surface area contributed by atoms with Crippen LogP contribution in [0, 0.1) is 24.2 Å². The SMILES string of the molecule is CCCCC[C@]1(C2CCCCC2)CC[C@H](C(C)c2ccc(OCCCC)cc2C)CC1. The highest BCUT2D eigenvalue weighted by molar-refractivity contribution is 5.37. The first-order valence-electron chi connectivity index (χ1n) is 13.8. The number of benzene rings is 1. The number of hydrogen-bond donors (Lipinski definition) is 0. The molecule has 0 aliphatic heterocycles. The second-order valence-corrected chi connectivity index (χ2v) is 11.0. The standard InChI is InChI=1S/C30H50O/c1-5-7-12-19-30(27-13-10-9-11-14-27)20-17-26(18-21-30)25(4)29-16-15-28(23-24(29)3)31-22-8-6-2/h15-16,23,25-27H,5-14,17-22H2,1-4H3/t25?,26-,30-. The minimum absolute atomic E-state index is 0.671. The molecule has 176 valence electrons. The Labute approximate surface area is 193 Å². The summed E-state index contributed by atoms with van der Waals surface area (Å²) in [7, 11) is 0. The molecular weight excluding hydrogens is 376 g/mol. The number of hydrogen-bond acceptors (Lipinski definition) is 1. The third-order valence-electron chi connectivity index (χ3n) is 8.98. The van der Waals surface area contributed by atoms with Crippen LogP contribution in [-0.2, 0) is 0 Å². The van der Waals surface area contributed by atoms with Crippen molar-refractivity contribution in [2.75, 3.05) is 6.61 Å². The van der Waals surface area contributed by atoms with Gasteiger partial charge in [-0.1, -0.05) is 71.8 Å². The summed E-state index contributed by atoms with van der Waals surface area (Å²) in [6.45, 7) is 10.2. The molecule has 0 bridgehead atoms. The van der Waals surface area contributed by atoms with E-state index in [-0.39, 0.29) is 0 Å². The maximum absolute atomic E-state index is 5.95. The molecule has 1 aromatic carbocycles. The van der Waals surface area contributed by atoms with Crippen LogP contribution in [0.2, 0.25) is 0 Å². The topological polar surface area (TPSA) is 9.23 Å². The van der Waals surface area contributed by atoms with Crippen molar-refractivity contribution in [1.82, 2.24) is 0 Å². The van der Waals surface area contributed by atoms with Crippen LogP contribution in [0.25, 0.3) is 0 Å². The van der Waals surface area contributed by atoms with E-state index in [1.54, 1.807) is 5.56 Å². The normalized spacial score (nSPS) is 26.0. The van der Waals surface area contributed by atoms with Crippen molar-refractivity contribution < 1.29 is 4.74 Å². The molecule has 1 aromatic rings. The van der Waals surface area contributed by atoms with Crippen LogP contribution >= 0.6 is 0 Å². The first-order valence-corrected chi connectivity index (χ1v) is 13.8. The summed E-state index contributed by atoms with van der Waals surface area (Å²) in [4.78, 5) is 0. The molecule has 0 radical (unpaired) electrons. The molecule has 3 rings (SSSR count). The van der Waals surface area contributed by atoms with Crippen LogP contribution in [-0.4, -0.2) is 6.61 Å². The Bertz CT molecular complexity index is 634. The van der Waals surface area contributed by atoms with Crippen molar-refractivity contribution in [2.45, 2.75) is 130 Å². The molecule has 1 nitrogen and oxygen atoms in total. The second-order valence-electron chi connectivity index (χ2n) is 11.0. The van der Waals surface area contributed by atoms with E-state index in [1.807, 2.05) is 0 Å². The van der Waals surface area contributed by atoms with Gasteiger partial charge in [-0.3, -0.25) is 0 Å². The molecule has 1 unspecified atom stereocenters. The summed E-state index contributed by atoms with van der Waals surface area (Å²) in [6.07, 6.45) is 21.5. The van der Waals surface area contributed by atoms with Gasteiger partial charge in [0, 0.05) is 0 Å². The van der Waals surface area contributed by atoms with E-state index in [4.69, 9.17) is 4.74 Å². The lowest BCUT2D eigenvalue weighted by molar-refractivity contribution is 0.0330. The molecular formula is C30H50O. The number of rotatable bonds is 11. The zero-order chi connectivity index (χ0) is 22.1. The summed E-state index contributed by atoms with van der Waals surface area (Å²) in [5, 5.41) is 0. The molecule has 0 saturated heterocycles. The van der Waals surface area contributed by atoms with Crippen molar-refractivity contribution in [3.05, 3.63) is 29.3 Å². The van der Waals surface area contributed by atoms with Gasteiger partial charge in [0.2, 0.25) is 0 Å². The fourth-order valence-electron chi connectivity index (χ4n) is 6.86. The Morgan fingerprint density at radius 3 is 2.29 bits per heavy atom. The molecule has 1 heteroatoms. The van der Waals surface area contributed by atoms with Crippen LogP contribution in [0.4, 0.5) is 0 Å². The molecule has 2 aliphatic carbocycles. The predicted octanol–water partition coefficient (Wildman–Crippen LogP) is 9.61. The highest BCUT2D eigenvalue weighted by Gasteiger charge is 2.42. The maximum atomic E-state index is 5.95. The van der Waals surface area contributed by atoms with E-state index >= 15 is 0 Å². The van der Waals surface area contributed by atoms with Gasteiger partial charge in [-0.15, -0.1) is 0 Å².